The Bertz CT molecular complexity index is 594. The lowest BCUT2D eigenvalue weighted by molar-refractivity contribution is 0.315. The van der Waals surface area contributed by atoms with E-state index in [0.717, 1.165) is 36.2 Å². The Morgan fingerprint density at radius 1 is 1.45 bits per heavy atom. The predicted molar refractivity (Wildman–Crippen MR) is 85.9 cm³/mol. The monoisotopic (exact) mass is 291 g/mol. The summed E-state index contributed by atoms with van der Waals surface area (Å²) in [6.07, 6.45) is 1.19. The van der Waals surface area contributed by atoms with Crippen LogP contribution >= 0.6 is 11.3 Å². The highest BCUT2D eigenvalue weighted by molar-refractivity contribution is 7.16. The lowest BCUT2D eigenvalue weighted by Crippen LogP contribution is -2.31. The molecule has 0 spiro atoms. The number of anilines is 2. The molecular weight excluding hydrogens is 270 g/mol. The van der Waals surface area contributed by atoms with Crippen LogP contribution in [0.15, 0.2) is 11.4 Å². The van der Waals surface area contributed by atoms with Crippen molar-refractivity contribution in [2.24, 2.45) is 0 Å². The highest BCUT2D eigenvalue weighted by atomic mass is 32.1. The Labute approximate surface area is 123 Å². The molecule has 0 bridgehead atoms. The number of rotatable bonds is 4. The van der Waals surface area contributed by atoms with E-state index in [1.165, 1.54) is 11.8 Å². The summed E-state index contributed by atoms with van der Waals surface area (Å²) < 4.78 is 0. The summed E-state index contributed by atoms with van der Waals surface area (Å²) in [6.45, 7) is 5.02. The number of hydrogen-bond acceptors (Lipinski definition) is 6. The van der Waals surface area contributed by atoms with Crippen molar-refractivity contribution in [3.05, 3.63) is 11.4 Å². The van der Waals surface area contributed by atoms with Gasteiger partial charge in [0, 0.05) is 25.7 Å². The highest BCUT2D eigenvalue weighted by Crippen LogP contribution is 2.31. The number of aromatic nitrogens is 2. The summed E-state index contributed by atoms with van der Waals surface area (Å²) in [5, 5.41) is 6.51. The van der Waals surface area contributed by atoms with E-state index in [1.807, 2.05) is 0 Å². The Kier molecular flexibility index (Phi) is 3.76. The summed E-state index contributed by atoms with van der Waals surface area (Å²) >= 11 is 1.68. The van der Waals surface area contributed by atoms with Crippen LogP contribution in [-0.2, 0) is 0 Å². The molecule has 0 saturated carbocycles. The molecular formula is C14H21N5S. The van der Waals surface area contributed by atoms with Gasteiger partial charge in [-0.1, -0.05) is 0 Å². The molecule has 20 heavy (non-hydrogen) atoms. The van der Waals surface area contributed by atoms with Crippen molar-refractivity contribution in [3.8, 4) is 0 Å². The zero-order valence-electron chi connectivity index (χ0n) is 12.3. The van der Waals surface area contributed by atoms with E-state index in [2.05, 4.69) is 52.6 Å². The van der Waals surface area contributed by atoms with Gasteiger partial charge in [0.1, 0.15) is 10.6 Å². The topological polar surface area (TPSA) is 44.3 Å². The lowest BCUT2D eigenvalue weighted by Gasteiger charge is -2.22. The molecule has 1 unspecified atom stereocenters. The minimum atomic E-state index is 0.612. The van der Waals surface area contributed by atoms with Gasteiger partial charge in [-0.05, 0) is 38.9 Å². The first-order valence-electron chi connectivity index (χ1n) is 7.09. The van der Waals surface area contributed by atoms with Crippen LogP contribution < -0.4 is 10.2 Å². The zero-order chi connectivity index (χ0) is 14.1. The number of hydrogen-bond donors (Lipinski definition) is 1. The quantitative estimate of drug-likeness (QED) is 0.936. The molecule has 0 radical (unpaired) electrons. The Hall–Kier alpha value is -1.40. The minimum Gasteiger partial charge on any atom is -0.354 e. The number of fused-ring (bicyclic) bond motifs is 1. The van der Waals surface area contributed by atoms with Gasteiger partial charge in [0.05, 0.1) is 5.39 Å². The molecule has 1 aliphatic rings. The molecule has 5 nitrogen and oxygen atoms in total. The van der Waals surface area contributed by atoms with E-state index < -0.39 is 0 Å². The van der Waals surface area contributed by atoms with E-state index in [4.69, 9.17) is 4.98 Å². The normalized spacial score (nSPS) is 19.2. The van der Waals surface area contributed by atoms with Crippen molar-refractivity contribution in [1.82, 2.24) is 14.9 Å². The molecule has 1 N–H and O–H groups in total. The first-order chi connectivity index (χ1) is 9.69. The van der Waals surface area contributed by atoms with Gasteiger partial charge in [0.2, 0.25) is 5.95 Å². The molecule has 1 fully saturated rings. The number of nitrogens with one attached hydrogen (secondary N) is 1. The third-order valence-electron chi connectivity index (χ3n) is 3.83. The standard InChI is InChI=1S/C14H21N5S/c1-4-15-14-16-12(11-6-8-20-13(11)17-14)19-7-5-10(9-19)18(2)3/h6,8,10H,4-5,7,9H2,1-3H3,(H,15,16,17). The van der Waals surface area contributed by atoms with E-state index in [9.17, 15) is 0 Å². The maximum absolute atomic E-state index is 4.73. The summed E-state index contributed by atoms with van der Waals surface area (Å²) in [5.74, 6) is 1.82. The van der Waals surface area contributed by atoms with Crippen molar-refractivity contribution >= 4 is 33.3 Å². The van der Waals surface area contributed by atoms with Gasteiger partial charge >= 0.3 is 0 Å². The second-order valence-electron chi connectivity index (χ2n) is 5.39. The third kappa shape index (κ3) is 2.45. The minimum absolute atomic E-state index is 0.612. The molecule has 1 aliphatic heterocycles. The number of thiophene rings is 1. The van der Waals surface area contributed by atoms with Crippen LogP contribution in [0.4, 0.5) is 11.8 Å². The summed E-state index contributed by atoms with van der Waals surface area (Å²) in [5.41, 5.74) is 0. The molecule has 2 aromatic heterocycles. The van der Waals surface area contributed by atoms with Crippen LogP contribution in [0.5, 0.6) is 0 Å². The fourth-order valence-electron chi connectivity index (χ4n) is 2.67. The molecule has 2 aromatic rings. The largest absolute Gasteiger partial charge is 0.354 e. The first-order valence-corrected chi connectivity index (χ1v) is 7.97. The molecule has 1 saturated heterocycles. The molecule has 1 atom stereocenters. The average molecular weight is 291 g/mol. The van der Waals surface area contributed by atoms with Crippen LogP contribution in [-0.4, -0.2) is 54.6 Å². The molecule has 6 heteroatoms. The van der Waals surface area contributed by atoms with Gasteiger partial charge in [0.15, 0.2) is 0 Å². The predicted octanol–water partition coefficient (Wildman–Crippen LogP) is 2.26. The van der Waals surface area contributed by atoms with Crippen molar-refractivity contribution < 1.29 is 0 Å². The maximum atomic E-state index is 4.73. The molecule has 3 rings (SSSR count). The van der Waals surface area contributed by atoms with Crippen LogP contribution in [0.1, 0.15) is 13.3 Å². The summed E-state index contributed by atoms with van der Waals surface area (Å²) in [6, 6.07) is 2.75. The number of likely N-dealkylation sites (N-methyl/N-ethyl adjacent to an activating group) is 1. The molecule has 0 amide bonds. The van der Waals surface area contributed by atoms with Crippen LogP contribution in [0.3, 0.4) is 0 Å². The van der Waals surface area contributed by atoms with Gasteiger partial charge in [0.25, 0.3) is 0 Å². The van der Waals surface area contributed by atoms with Gasteiger partial charge in [-0.15, -0.1) is 11.3 Å². The van der Waals surface area contributed by atoms with Gasteiger partial charge in [-0.25, -0.2) is 4.98 Å². The second kappa shape index (κ2) is 5.54. The number of nitrogens with zero attached hydrogens (tertiary/aromatic N) is 4. The fourth-order valence-corrected chi connectivity index (χ4v) is 3.43. The van der Waals surface area contributed by atoms with E-state index >= 15 is 0 Å². The van der Waals surface area contributed by atoms with Gasteiger partial charge in [-0.3, -0.25) is 0 Å². The van der Waals surface area contributed by atoms with Crippen molar-refractivity contribution in [1.29, 1.82) is 0 Å². The third-order valence-corrected chi connectivity index (χ3v) is 4.64. The van der Waals surface area contributed by atoms with E-state index in [-0.39, 0.29) is 0 Å². The maximum Gasteiger partial charge on any atom is 0.226 e. The van der Waals surface area contributed by atoms with Gasteiger partial charge in [-0.2, -0.15) is 4.98 Å². The van der Waals surface area contributed by atoms with Crippen LogP contribution in [0.2, 0.25) is 0 Å². The van der Waals surface area contributed by atoms with E-state index in [0.29, 0.717) is 6.04 Å². The molecule has 0 aliphatic carbocycles. The summed E-state index contributed by atoms with van der Waals surface area (Å²) in [4.78, 5) is 15.1. The van der Waals surface area contributed by atoms with Crippen LogP contribution in [0.25, 0.3) is 10.2 Å². The molecule has 108 valence electrons. The molecule has 0 aromatic carbocycles. The Balaban J connectivity index is 1.95. The Morgan fingerprint density at radius 3 is 3.00 bits per heavy atom. The SMILES string of the molecule is CCNc1nc(N2CCC(N(C)C)C2)c2ccsc2n1. The smallest absolute Gasteiger partial charge is 0.226 e. The average Bonchev–Trinajstić information content (AvgIpc) is 3.07. The lowest BCUT2D eigenvalue weighted by atomic mass is 10.2. The van der Waals surface area contributed by atoms with Crippen molar-refractivity contribution in [3.63, 3.8) is 0 Å². The van der Waals surface area contributed by atoms with Crippen LogP contribution in [0, 0.1) is 0 Å². The first kappa shape index (κ1) is 13.6. The van der Waals surface area contributed by atoms with Crippen molar-refractivity contribution in [2.75, 3.05) is 43.9 Å². The molecule has 3 heterocycles. The second-order valence-corrected chi connectivity index (χ2v) is 6.29. The summed E-state index contributed by atoms with van der Waals surface area (Å²) in [7, 11) is 4.30. The van der Waals surface area contributed by atoms with Gasteiger partial charge < -0.3 is 15.1 Å². The van der Waals surface area contributed by atoms with Crippen molar-refractivity contribution in [2.45, 2.75) is 19.4 Å². The fraction of sp³-hybridized carbons (Fsp3) is 0.571. The Morgan fingerprint density at radius 2 is 2.30 bits per heavy atom. The highest BCUT2D eigenvalue weighted by Gasteiger charge is 2.26. The zero-order valence-corrected chi connectivity index (χ0v) is 13.1. The van der Waals surface area contributed by atoms with E-state index in [1.54, 1.807) is 11.3 Å².